The molecular weight excluding hydrogens is 285 g/mol. The van der Waals surface area contributed by atoms with Crippen LogP contribution in [-0.4, -0.2) is 13.0 Å². The van der Waals surface area contributed by atoms with Crippen molar-refractivity contribution in [2.24, 2.45) is 0 Å². The Labute approximate surface area is 126 Å². The molecule has 0 spiro atoms. The second kappa shape index (κ2) is 5.52. The number of hydrogen-bond donors (Lipinski definition) is 1. The number of halogens is 1. The first-order valence-corrected chi connectivity index (χ1v) is 6.72. The van der Waals surface area contributed by atoms with E-state index in [0.717, 1.165) is 0 Å². The first kappa shape index (κ1) is 14.1. The zero-order chi connectivity index (χ0) is 15.7. The minimum Gasteiger partial charge on any atom is -0.497 e. The lowest BCUT2D eigenvalue weighted by molar-refractivity contribution is 0.0998. The van der Waals surface area contributed by atoms with Crippen LogP contribution in [0.1, 0.15) is 16.1 Å². The smallest absolute Gasteiger partial charge is 0.291 e. The predicted molar refractivity (Wildman–Crippen MR) is 81.9 cm³/mol. The molecule has 3 aromatic rings. The van der Waals surface area contributed by atoms with Crippen molar-refractivity contribution in [1.82, 2.24) is 0 Å². The Kier molecular flexibility index (Phi) is 3.55. The molecule has 22 heavy (non-hydrogen) atoms. The molecule has 0 saturated carbocycles. The van der Waals surface area contributed by atoms with Gasteiger partial charge in [-0.2, -0.15) is 0 Å². The van der Waals surface area contributed by atoms with E-state index in [1.807, 2.05) is 0 Å². The van der Waals surface area contributed by atoms with Gasteiger partial charge in [-0.3, -0.25) is 4.79 Å². The molecule has 1 aromatic heterocycles. The molecule has 0 aliphatic carbocycles. The highest BCUT2D eigenvalue weighted by Crippen LogP contribution is 2.27. The summed E-state index contributed by atoms with van der Waals surface area (Å²) in [6.45, 7) is 1.73. The molecule has 1 amide bonds. The van der Waals surface area contributed by atoms with Crippen molar-refractivity contribution in [3.05, 3.63) is 59.6 Å². The van der Waals surface area contributed by atoms with Crippen molar-refractivity contribution < 1.29 is 18.3 Å². The Morgan fingerprint density at radius 2 is 1.91 bits per heavy atom. The molecule has 5 heteroatoms. The SMILES string of the molecule is COc1ccc(NC(=O)c2oc3ccc(F)cc3c2C)cc1. The van der Waals surface area contributed by atoms with Gasteiger partial charge in [0, 0.05) is 16.6 Å². The Morgan fingerprint density at radius 1 is 1.18 bits per heavy atom. The van der Waals surface area contributed by atoms with Gasteiger partial charge >= 0.3 is 0 Å². The van der Waals surface area contributed by atoms with Gasteiger partial charge in [0.2, 0.25) is 0 Å². The zero-order valence-corrected chi connectivity index (χ0v) is 12.1. The first-order valence-electron chi connectivity index (χ1n) is 6.72. The topological polar surface area (TPSA) is 51.5 Å². The summed E-state index contributed by atoms with van der Waals surface area (Å²) in [5, 5.41) is 3.34. The number of furan rings is 1. The van der Waals surface area contributed by atoms with Gasteiger partial charge in [0.1, 0.15) is 17.1 Å². The van der Waals surface area contributed by atoms with Gasteiger partial charge in [0.25, 0.3) is 5.91 Å². The number of rotatable bonds is 3. The Bertz CT molecular complexity index is 837. The lowest BCUT2D eigenvalue weighted by Crippen LogP contribution is -2.11. The molecule has 0 aliphatic rings. The van der Waals surface area contributed by atoms with E-state index in [1.165, 1.54) is 18.2 Å². The van der Waals surface area contributed by atoms with Crippen LogP contribution in [0, 0.1) is 12.7 Å². The number of aryl methyl sites for hydroxylation is 1. The van der Waals surface area contributed by atoms with Crippen molar-refractivity contribution >= 4 is 22.6 Å². The van der Waals surface area contributed by atoms with Crippen molar-refractivity contribution in [2.45, 2.75) is 6.92 Å². The quantitative estimate of drug-likeness (QED) is 0.790. The molecule has 112 valence electrons. The minimum absolute atomic E-state index is 0.177. The lowest BCUT2D eigenvalue weighted by atomic mass is 10.1. The monoisotopic (exact) mass is 299 g/mol. The largest absolute Gasteiger partial charge is 0.497 e. The number of benzene rings is 2. The fourth-order valence-electron chi connectivity index (χ4n) is 2.27. The van der Waals surface area contributed by atoms with Gasteiger partial charge in [-0.05, 0) is 49.4 Å². The van der Waals surface area contributed by atoms with Gasteiger partial charge < -0.3 is 14.5 Å². The molecule has 1 heterocycles. The fraction of sp³-hybridized carbons (Fsp3) is 0.118. The molecule has 0 saturated heterocycles. The van der Waals surface area contributed by atoms with Gasteiger partial charge in [-0.25, -0.2) is 4.39 Å². The third-order valence-electron chi connectivity index (χ3n) is 3.45. The van der Waals surface area contributed by atoms with E-state index in [9.17, 15) is 9.18 Å². The number of amides is 1. The maximum Gasteiger partial charge on any atom is 0.291 e. The summed E-state index contributed by atoms with van der Waals surface area (Å²) in [7, 11) is 1.57. The van der Waals surface area contributed by atoms with Gasteiger partial charge in [-0.15, -0.1) is 0 Å². The van der Waals surface area contributed by atoms with Crippen LogP contribution in [-0.2, 0) is 0 Å². The predicted octanol–water partition coefficient (Wildman–Crippen LogP) is 4.14. The third kappa shape index (κ3) is 2.53. The maximum absolute atomic E-state index is 13.3. The number of anilines is 1. The minimum atomic E-state index is -0.376. The van der Waals surface area contributed by atoms with E-state index >= 15 is 0 Å². The fourth-order valence-corrected chi connectivity index (χ4v) is 2.27. The van der Waals surface area contributed by atoms with E-state index in [2.05, 4.69) is 5.32 Å². The molecule has 0 aliphatic heterocycles. The van der Waals surface area contributed by atoms with Crippen LogP contribution in [0.3, 0.4) is 0 Å². The van der Waals surface area contributed by atoms with Crippen LogP contribution in [0.4, 0.5) is 10.1 Å². The van der Waals surface area contributed by atoms with Crippen LogP contribution < -0.4 is 10.1 Å². The van der Waals surface area contributed by atoms with Crippen molar-refractivity contribution in [3.63, 3.8) is 0 Å². The molecule has 3 rings (SSSR count). The number of nitrogens with one attached hydrogen (secondary N) is 1. The van der Waals surface area contributed by atoms with Crippen molar-refractivity contribution in [1.29, 1.82) is 0 Å². The zero-order valence-electron chi connectivity index (χ0n) is 12.1. The van der Waals surface area contributed by atoms with Crippen LogP contribution in [0.15, 0.2) is 46.9 Å². The summed E-state index contributed by atoms with van der Waals surface area (Å²) in [5.41, 5.74) is 1.72. The van der Waals surface area contributed by atoms with Crippen LogP contribution in [0.2, 0.25) is 0 Å². The first-order chi connectivity index (χ1) is 10.6. The molecule has 1 N–H and O–H groups in total. The molecule has 4 nitrogen and oxygen atoms in total. The molecule has 0 fully saturated rings. The number of carbonyl (C=O) groups is 1. The standard InChI is InChI=1S/C17H14FNO3/c1-10-14-9-11(18)3-8-15(14)22-16(10)17(20)19-12-4-6-13(21-2)7-5-12/h3-9H,1-2H3,(H,19,20). The summed E-state index contributed by atoms with van der Waals surface area (Å²) >= 11 is 0. The van der Waals surface area contributed by atoms with E-state index in [0.29, 0.717) is 28.0 Å². The van der Waals surface area contributed by atoms with E-state index in [-0.39, 0.29) is 17.5 Å². The highest BCUT2D eigenvalue weighted by molar-refractivity contribution is 6.06. The van der Waals surface area contributed by atoms with E-state index < -0.39 is 0 Å². The highest BCUT2D eigenvalue weighted by atomic mass is 19.1. The van der Waals surface area contributed by atoms with Crippen molar-refractivity contribution in [3.8, 4) is 5.75 Å². The summed E-state index contributed by atoms with van der Waals surface area (Å²) < 4.78 is 23.9. The number of fused-ring (bicyclic) bond motifs is 1. The van der Waals surface area contributed by atoms with Gasteiger partial charge in [0.15, 0.2) is 5.76 Å². The summed E-state index contributed by atoms with van der Waals surface area (Å²) in [6, 6.07) is 11.1. The summed E-state index contributed by atoms with van der Waals surface area (Å²) in [6.07, 6.45) is 0. The second-order valence-corrected chi connectivity index (χ2v) is 4.88. The molecular formula is C17H14FNO3. The average Bonchev–Trinajstić information content (AvgIpc) is 2.85. The molecule has 0 radical (unpaired) electrons. The van der Waals surface area contributed by atoms with Crippen molar-refractivity contribution in [2.75, 3.05) is 12.4 Å². The molecule has 0 bridgehead atoms. The van der Waals surface area contributed by atoms with E-state index in [4.69, 9.17) is 9.15 Å². The average molecular weight is 299 g/mol. The third-order valence-corrected chi connectivity index (χ3v) is 3.45. The Balaban J connectivity index is 1.89. The van der Waals surface area contributed by atoms with Crippen LogP contribution in [0.25, 0.3) is 11.0 Å². The Morgan fingerprint density at radius 3 is 2.59 bits per heavy atom. The number of ether oxygens (including phenoxy) is 1. The van der Waals surface area contributed by atoms with Crippen LogP contribution >= 0.6 is 0 Å². The number of carbonyl (C=O) groups excluding carboxylic acids is 1. The number of hydrogen-bond acceptors (Lipinski definition) is 3. The summed E-state index contributed by atoms with van der Waals surface area (Å²) in [5.74, 6) is 0.141. The molecule has 0 unspecified atom stereocenters. The van der Waals surface area contributed by atoms with E-state index in [1.54, 1.807) is 38.3 Å². The van der Waals surface area contributed by atoms with Gasteiger partial charge in [-0.1, -0.05) is 0 Å². The number of methoxy groups -OCH3 is 1. The summed E-state index contributed by atoms with van der Waals surface area (Å²) in [4.78, 5) is 12.3. The second-order valence-electron chi connectivity index (χ2n) is 4.88. The van der Waals surface area contributed by atoms with Crippen LogP contribution in [0.5, 0.6) is 5.75 Å². The lowest BCUT2D eigenvalue weighted by Gasteiger charge is -2.05. The molecule has 0 atom stereocenters. The molecule has 2 aromatic carbocycles. The Hall–Kier alpha value is -2.82. The maximum atomic E-state index is 13.3. The highest BCUT2D eigenvalue weighted by Gasteiger charge is 2.18. The van der Waals surface area contributed by atoms with Gasteiger partial charge in [0.05, 0.1) is 7.11 Å². The normalized spacial score (nSPS) is 10.7.